The van der Waals surface area contributed by atoms with Crippen molar-refractivity contribution in [3.63, 3.8) is 0 Å². The summed E-state index contributed by atoms with van der Waals surface area (Å²) >= 11 is 0. The lowest BCUT2D eigenvalue weighted by molar-refractivity contribution is 0.276. The highest BCUT2D eigenvalue weighted by molar-refractivity contribution is 7.46. The maximum Gasteiger partial charge on any atom is 0.524 e. The number of phenolic OH excluding ortho intramolecular Hbond substituents is 2. The van der Waals surface area contributed by atoms with E-state index in [1.807, 2.05) is 0 Å². The van der Waals surface area contributed by atoms with Gasteiger partial charge < -0.3 is 19.8 Å². The van der Waals surface area contributed by atoms with Crippen LogP contribution in [0.5, 0.6) is 17.2 Å². The molecule has 0 aliphatic carbocycles. The molecule has 0 saturated carbocycles. The van der Waals surface area contributed by atoms with Gasteiger partial charge in [-0.15, -0.1) is 0 Å². The van der Waals surface area contributed by atoms with Crippen LogP contribution >= 0.6 is 7.82 Å². The normalized spacial score (nSPS) is 12.8. The van der Waals surface area contributed by atoms with E-state index in [0.717, 1.165) is 0 Å². The molecule has 130 valence electrons. The second-order valence-electron chi connectivity index (χ2n) is 5.32. The first-order valence-corrected chi connectivity index (χ1v) is 8.81. The molecule has 0 aliphatic heterocycles. The van der Waals surface area contributed by atoms with Gasteiger partial charge in [-0.05, 0) is 48.7 Å². The van der Waals surface area contributed by atoms with Crippen molar-refractivity contribution in [2.75, 3.05) is 6.61 Å². The van der Waals surface area contributed by atoms with Crippen LogP contribution in [-0.2, 0) is 4.57 Å². The summed E-state index contributed by atoms with van der Waals surface area (Å²) in [6.45, 7) is -0.0667. The van der Waals surface area contributed by atoms with Crippen molar-refractivity contribution in [2.45, 2.75) is 18.8 Å². The predicted octanol–water partition coefficient (Wildman–Crippen LogP) is 2.47. The maximum atomic E-state index is 11.2. The number of hydrogen-bond donors (Lipinski definition) is 5. The number of phosphoric ester groups is 1. The zero-order valence-electron chi connectivity index (χ0n) is 12.7. The molecule has 0 bridgehead atoms. The highest BCUT2D eigenvalue weighted by atomic mass is 31.2. The van der Waals surface area contributed by atoms with Gasteiger partial charge in [-0.1, -0.05) is 12.1 Å². The van der Waals surface area contributed by atoms with Gasteiger partial charge in [-0.3, -0.25) is 9.79 Å². The Hall–Kier alpha value is -2.05. The quantitative estimate of drug-likeness (QED) is 0.483. The third-order valence-electron chi connectivity index (χ3n) is 3.51. The number of hydrogen-bond acceptors (Lipinski definition) is 5. The average Bonchev–Trinajstić information content (AvgIpc) is 2.49. The fourth-order valence-electron chi connectivity index (χ4n) is 2.56. The SMILES string of the molecule is O=P(O)(O)Oc1ccc(O)cc1C(CCCO)c1cccc(O)c1. The molecule has 2 aromatic carbocycles. The van der Waals surface area contributed by atoms with Crippen LogP contribution in [0.25, 0.3) is 0 Å². The fourth-order valence-corrected chi connectivity index (χ4v) is 2.98. The fraction of sp³-hybridized carbons (Fsp3) is 0.250. The maximum absolute atomic E-state index is 11.2. The summed E-state index contributed by atoms with van der Waals surface area (Å²) in [5.74, 6) is -0.540. The van der Waals surface area contributed by atoms with Crippen LogP contribution in [0.3, 0.4) is 0 Å². The van der Waals surface area contributed by atoms with Crippen molar-refractivity contribution in [3.05, 3.63) is 53.6 Å². The molecular weight excluding hydrogens is 335 g/mol. The van der Waals surface area contributed by atoms with Crippen LogP contribution in [0.15, 0.2) is 42.5 Å². The monoisotopic (exact) mass is 354 g/mol. The van der Waals surface area contributed by atoms with Crippen molar-refractivity contribution in [1.82, 2.24) is 0 Å². The Labute approximate surface area is 139 Å². The van der Waals surface area contributed by atoms with Crippen molar-refractivity contribution < 1.29 is 34.2 Å². The van der Waals surface area contributed by atoms with Gasteiger partial charge in [0.15, 0.2) is 0 Å². The van der Waals surface area contributed by atoms with Gasteiger partial charge in [0.05, 0.1) is 0 Å². The lowest BCUT2D eigenvalue weighted by atomic mass is 9.86. The second kappa shape index (κ2) is 7.68. The number of phenols is 2. The molecule has 8 heteroatoms. The summed E-state index contributed by atoms with van der Waals surface area (Å²) < 4.78 is 15.9. The highest BCUT2D eigenvalue weighted by Gasteiger charge is 2.24. The molecule has 0 radical (unpaired) electrons. The third kappa shape index (κ3) is 4.97. The van der Waals surface area contributed by atoms with E-state index >= 15 is 0 Å². The summed E-state index contributed by atoms with van der Waals surface area (Å²) in [5, 5.41) is 28.6. The minimum atomic E-state index is -4.78. The molecule has 7 nitrogen and oxygen atoms in total. The van der Waals surface area contributed by atoms with Crippen LogP contribution in [0.1, 0.15) is 29.9 Å². The molecule has 0 aliphatic rings. The molecule has 1 unspecified atom stereocenters. The molecule has 2 rings (SSSR count). The van der Waals surface area contributed by atoms with Gasteiger partial charge in [0.25, 0.3) is 0 Å². The Morgan fingerprint density at radius 1 is 1.04 bits per heavy atom. The molecule has 0 spiro atoms. The van der Waals surface area contributed by atoms with Crippen molar-refractivity contribution in [3.8, 4) is 17.2 Å². The predicted molar refractivity (Wildman–Crippen MR) is 87.0 cm³/mol. The highest BCUT2D eigenvalue weighted by Crippen LogP contribution is 2.44. The Morgan fingerprint density at radius 3 is 2.38 bits per heavy atom. The van der Waals surface area contributed by atoms with Crippen LogP contribution in [0.2, 0.25) is 0 Å². The molecule has 24 heavy (non-hydrogen) atoms. The van der Waals surface area contributed by atoms with Crippen LogP contribution in [-0.4, -0.2) is 31.7 Å². The van der Waals surface area contributed by atoms with Crippen LogP contribution < -0.4 is 4.52 Å². The molecule has 5 N–H and O–H groups in total. The van der Waals surface area contributed by atoms with E-state index in [9.17, 15) is 14.8 Å². The summed E-state index contributed by atoms with van der Waals surface area (Å²) in [7, 11) is -4.78. The largest absolute Gasteiger partial charge is 0.524 e. The van der Waals surface area contributed by atoms with Crippen LogP contribution in [0.4, 0.5) is 0 Å². The molecular formula is C16H19O7P. The van der Waals surface area contributed by atoms with E-state index in [1.165, 1.54) is 30.3 Å². The van der Waals surface area contributed by atoms with Gasteiger partial charge in [-0.2, -0.15) is 0 Å². The van der Waals surface area contributed by atoms with Gasteiger partial charge in [0.2, 0.25) is 0 Å². The number of benzene rings is 2. The van der Waals surface area contributed by atoms with E-state index in [-0.39, 0.29) is 23.9 Å². The molecule has 0 saturated heterocycles. The number of rotatable bonds is 7. The van der Waals surface area contributed by atoms with Crippen molar-refractivity contribution >= 4 is 7.82 Å². The van der Waals surface area contributed by atoms with E-state index in [4.69, 9.17) is 19.4 Å². The van der Waals surface area contributed by atoms with Gasteiger partial charge in [0.1, 0.15) is 17.2 Å². The zero-order valence-corrected chi connectivity index (χ0v) is 13.6. The molecule has 0 fully saturated rings. The van der Waals surface area contributed by atoms with E-state index < -0.39 is 13.7 Å². The van der Waals surface area contributed by atoms with E-state index in [2.05, 4.69) is 0 Å². The molecule has 1 atom stereocenters. The summed E-state index contributed by atoms with van der Waals surface area (Å²) in [4.78, 5) is 18.2. The van der Waals surface area contributed by atoms with Crippen LogP contribution in [0, 0.1) is 0 Å². The lowest BCUT2D eigenvalue weighted by Gasteiger charge is -2.21. The Bertz CT molecular complexity index is 741. The average molecular weight is 354 g/mol. The number of aliphatic hydroxyl groups is 1. The topological polar surface area (TPSA) is 127 Å². The summed E-state index contributed by atoms with van der Waals surface area (Å²) in [6.07, 6.45) is 0.853. The van der Waals surface area contributed by atoms with Gasteiger partial charge in [0, 0.05) is 18.1 Å². The molecule has 0 aromatic heterocycles. The second-order valence-corrected chi connectivity index (χ2v) is 6.48. The van der Waals surface area contributed by atoms with Crippen molar-refractivity contribution in [1.29, 1.82) is 0 Å². The molecule has 0 heterocycles. The lowest BCUT2D eigenvalue weighted by Crippen LogP contribution is -2.05. The molecule has 0 amide bonds. The Morgan fingerprint density at radius 2 is 1.75 bits per heavy atom. The first-order chi connectivity index (χ1) is 11.3. The standard InChI is InChI=1S/C16H19O7P/c17-8-2-5-14(11-3-1-4-12(18)9-11)15-10-13(19)6-7-16(15)23-24(20,21)22/h1,3-4,6-7,9-10,14,17-19H,2,5,8H2,(H2,20,21,22). The van der Waals surface area contributed by atoms with E-state index in [0.29, 0.717) is 24.0 Å². The Balaban J connectivity index is 2.52. The molecule has 2 aromatic rings. The van der Waals surface area contributed by atoms with Crippen molar-refractivity contribution in [2.24, 2.45) is 0 Å². The Kier molecular flexibility index (Phi) is 5.85. The van der Waals surface area contributed by atoms with Gasteiger partial charge >= 0.3 is 7.82 Å². The van der Waals surface area contributed by atoms with E-state index in [1.54, 1.807) is 12.1 Å². The smallest absolute Gasteiger partial charge is 0.508 e. The number of phosphoric acid groups is 1. The first kappa shape index (κ1) is 18.3. The van der Waals surface area contributed by atoms with Gasteiger partial charge in [-0.25, -0.2) is 4.57 Å². The minimum Gasteiger partial charge on any atom is -0.508 e. The summed E-state index contributed by atoms with van der Waals surface area (Å²) in [6, 6.07) is 10.3. The minimum absolute atomic E-state index is 0.0408. The number of aliphatic hydroxyl groups excluding tert-OH is 1. The number of aromatic hydroxyl groups is 2. The third-order valence-corrected chi connectivity index (χ3v) is 3.94. The summed E-state index contributed by atoms with van der Waals surface area (Å²) in [5.41, 5.74) is 1.03. The zero-order chi connectivity index (χ0) is 17.7. The first-order valence-electron chi connectivity index (χ1n) is 7.28.